The highest BCUT2D eigenvalue weighted by molar-refractivity contribution is 5.72. The molecular formula is C18H29N3O5. The number of aliphatic hydroxyl groups is 1. The maximum absolute atomic E-state index is 11.9. The van der Waals surface area contributed by atoms with E-state index in [0.29, 0.717) is 5.56 Å². The fraction of sp³-hybridized carbons (Fsp3) is 0.556. The first kappa shape index (κ1) is 21.7. The number of nitrogens with zero attached hydrogens (tertiary/aromatic N) is 2. The van der Waals surface area contributed by atoms with Gasteiger partial charge in [0.25, 0.3) is 0 Å². The Labute approximate surface area is 154 Å². The summed E-state index contributed by atoms with van der Waals surface area (Å²) in [5.74, 6) is 0.439. The zero-order chi connectivity index (χ0) is 20.1. The quantitative estimate of drug-likeness (QED) is 0.829. The molecule has 146 valence electrons. The Balaban J connectivity index is 3.25. The van der Waals surface area contributed by atoms with E-state index in [0.717, 1.165) is 0 Å². The van der Waals surface area contributed by atoms with Crippen molar-refractivity contribution in [2.75, 3.05) is 34.8 Å². The van der Waals surface area contributed by atoms with Crippen molar-refractivity contribution in [3.8, 4) is 11.5 Å². The van der Waals surface area contributed by atoms with Crippen LogP contribution in [-0.2, 0) is 0 Å². The average molecular weight is 367 g/mol. The van der Waals surface area contributed by atoms with Crippen LogP contribution in [0, 0.1) is 0 Å². The van der Waals surface area contributed by atoms with Gasteiger partial charge in [0.15, 0.2) is 0 Å². The van der Waals surface area contributed by atoms with E-state index < -0.39 is 18.2 Å². The number of aliphatic hydroxyl groups excluding tert-OH is 1. The molecule has 0 aliphatic rings. The Morgan fingerprint density at radius 3 is 1.73 bits per heavy atom. The SMILES string of the molecule is CN(C)C(=O)Oc1cc(OC(=O)N(C)C)cc([C@@H](CO)NC(C)(C)C)c1. The fourth-order valence-corrected chi connectivity index (χ4v) is 2.05. The number of carbonyl (C=O) groups excluding carboxylic acids is 2. The largest absolute Gasteiger partial charge is 0.414 e. The van der Waals surface area contributed by atoms with Gasteiger partial charge in [-0.25, -0.2) is 9.59 Å². The van der Waals surface area contributed by atoms with Crippen molar-refractivity contribution in [3.05, 3.63) is 23.8 Å². The van der Waals surface area contributed by atoms with Gasteiger partial charge >= 0.3 is 12.2 Å². The monoisotopic (exact) mass is 367 g/mol. The van der Waals surface area contributed by atoms with Crippen molar-refractivity contribution in [3.63, 3.8) is 0 Å². The van der Waals surface area contributed by atoms with Crippen molar-refractivity contribution >= 4 is 12.2 Å². The van der Waals surface area contributed by atoms with Crippen LogP contribution in [0.4, 0.5) is 9.59 Å². The van der Waals surface area contributed by atoms with Crippen molar-refractivity contribution < 1.29 is 24.2 Å². The smallest absolute Gasteiger partial charge is 0.410 e. The van der Waals surface area contributed by atoms with Crippen LogP contribution in [0.2, 0.25) is 0 Å². The molecule has 0 heterocycles. The molecule has 1 aromatic carbocycles. The Morgan fingerprint density at radius 1 is 1.00 bits per heavy atom. The Hall–Kier alpha value is -2.32. The highest BCUT2D eigenvalue weighted by Crippen LogP contribution is 2.28. The molecule has 1 aromatic rings. The highest BCUT2D eigenvalue weighted by atomic mass is 16.6. The van der Waals surface area contributed by atoms with Gasteiger partial charge in [-0.15, -0.1) is 0 Å². The number of benzene rings is 1. The predicted octanol–water partition coefficient (Wildman–Crippen LogP) is 2.23. The van der Waals surface area contributed by atoms with Crippen LogP contribution < -0.4 is 14.8 Å². The van der Waals surface area contributed by atoms with E-state index in [2.05, 4.69) is 5.32 Å². The molecule has 2 N–H and O–H groups in total. The molecule has 1 atom stereocenters. The number of ether oxygens (including phenoxy) is 2. The lowest BCUT2D eigenvalue weighted by molar-refractivity contribution is 0.169. The van der Waals surface area contributed by atoms with E-state index in [9.17, 15) is 14.7 Å². The Kier molecular flexibility index (Phi) is 7.41. The van der Waals surface area contributed by atoms with Crippen LogP contribution in [0.5, 0.6) is 11.5 Å². The third-order valence-electron chi connectivity index (χ3n) is 3.24. The first-order valence-corrected chi connectivity index (χ1v) is 8.24. The van der Waals surface area contributed by atoms with E-state index in [4.69, 9.17) is 9.47 Å². The van der Waals surface area contributed by atoms with E-state index >= 15 is 0 Å². The summed E-state index contributed by atoms with van der Waals surface area (Å²) in [6.07, 6.45) is -1.12. The van der Waals surface area contributed by atoms with Gasteiger partial charge in [0, 0.05) is 39.8 Å². The summed E-state index contributed by atoms with van der Waals surface area (Å²) in [5.41, 5.74) is 0.373. The summed E-state index contributed by atoms with van der Waals surface area (Å²) >= 11 is 0. The third kappa shape index (κ3) is 6.89. The summed E-state index contributed by atoms with van der Waals surface area (Å²) in [4.78, 5) is 26.3. The van der Waals surface area contributed by atoms with E-state index in [1.807, 2.05) is 20.8 Å². The summed E-state index contributed by atoms with van der Waals surface area (Å²) in [5, 5.41) is 13.0. The lowest BCUT2D eigenvalue weighted by Crippen LogP contribution is -2.40. The van der Waals surface area contributed by atoms with Crippen molar-refractivity contribution in [1.82, 2.24) is 15.1 Å². The molecule has 0 saturated heterocycles. The summed E-state index contributed by atoms with van der Waals surface area (Å²) in [6.45, 7) is 5.74. The number of hydrogen-bond donors (Lipinski definition) is 2. The van der Waals surface area contributed by atoms with Gasteiger partial charge in [-0.05, 0) is 38.5 Å². The van der Waals surface area contributed by atoms with Crippen LogP contribution in [0.15, 0.2) is 18.2 Å². The molecule has 8 heteroatoms. The van der Waals surface area contributed by atoms with E-state index in [1.54, 1.807) is 40.3 Å². The van der Waals surface area contributed by atoms with Gasteiger partial charge < -0.3 is 29.7 Å². The van der Waals surface area contributed by atoms with Crippen molar-refractivity contribution in [2.45, 2.75) is 32.4 Å². The van der Waals surface area contributed by atoms with E-state index in [1.165, 1.54) is 15.9 Å². The standard InChI is InChI=1S/C18H29N3O5/c1-18(2,3)19-15(11-22)12-8-13(25-16(23)20(4)5)10-14(9-12)26-17(24)21(6)7/h8-10,15,19,22H,11H2,1-7H3/t15-/m1/s1. The second-order valence-electron chi connectivity index (χ2n) is 7.39. The molecule has 2 amide bonds. The van der Waals surface area contributed by atoms with Crippen LogP contribution in [0.25, 0.3) is 0 Å². The fourth-order valence-electron chi connectivity index (χ4n) is 2.05. The third-order valence-corrected chi connectivity index (χ3v) is 3.24. The second kappa shape index (κ2) is 8.86. The molecule has 8 nitrogen and oxygen atoms in total. The molecule has 0 aliphatic carbocycles. The summed E-state index contributed by atoms with van der Waals surface area (Å²) < 4.78 is 10.6. The molecule has 0 spiro atoms. The number of carbonyl (C=O) groups is 2. The van der Waals surface area contributed by atoms with Crippen LogP contribution in [0.1, 0.15) is 32.4 Å². The minimum atomic E-state index is -0.559. The van der Waals surface area contributed by atoms with Gasteiger partial charge in [0.05, 0.1) is 12.6 Å². The first-order valence-electron chi connectivity index (χ1n) is 8.24. The molecule has 0 aliphatic heterocycles. The minimum absolute atomic E-state index is 0.177. The lowest BCUT2D eigenvalue weighted by Gasteiger charge is -2.28. The normalized spacial score (nSPS) is 12.3. The molecule has 0 fully saturated rings. The minimum Gasteiger partial charge on any atom is -0.410 e. The molecule has 0 saturated carbocycles. The number of nitrogens with one attached hydrogen (secondary N) is 1. The number of hydrogen-bond acceptors (Lipinski definition) is 6. The maximum Gasteiger partial charge on any atom is 0.414 e. The highest BCUT2D eigenvalue weighted by Gasteiger charge is 2.21. The lowest BCUT2D eigenvalue weighted by atomic mass is 10.0. The molecular weight excluding hydrogens is 338 g/mol. The van der Waals surface area contributed by atoms with Gasteiger partial charge in [0.1, 0.15) is 11.5 Å². The molecule has 0 unspecified atom stereocenters. The van der Waals surface area contributed by atoms with Crippen molar-refractivity contribution in [2.24, 2.45) is 0 Å². The molecule has 0 bridgehead atoms. The molecule has 26 heavy (non-hydrogen) atoms. The van der Waals surface area contributed by atoms with Crippen LogP contribution >= 0.6 is 0 Å². The summed E-state index contributed by atoms with van der Waals surface area (Å²) in [6, 6.07) is 4.30. The predicted molar refractivity (Wildman–Crippen MR) is 98.6 cm³/mol. The van der Waals surface area contributed by atoms with Gasteiger partial charge in [0.2, 0.25) is 0 Å². The summed E-state index contributed by atoms with van der Waals surface area (Å²) in [7, 11) is 6.27. The Morgan fingerprint density at radius 2 is 1.42 bits per heavy atom. The van der Waals surface area contributed by atoms with E-state index in [-0.39, 0.29) is 23.6 Å². The number of rotatable bonds is 5. The second-order valence-corrected chi connectivity index (χ2v) is 7.39. The maximum atomic E-state index is 11.9. The van der Waals surface area contributed by atoms with Gasteiger partial charge in [-0.3, -0.25) is 0 Å². The topological polar surface area (TPSA) is 91.3 Å². The van der Waals surface area contributed by atoms with Crippen molar-refractivity contribution in [1.29, 1.82) is 0 Å². The zero-order valence-electron chi connectivity index (χ0n) is 16.5. The van der Waals surface area contributed by atoms with Gasteiger partial charge in [-0.1, -0.05) is 0 Å². The average Bonchev–Trinajstić information content (AvgIpc) is 2.51. The van der Waals surface area contributed by atoms with Gasteiger partial charge in [-0.2, -0.15) is 0 Å². The first-order chi connectivity index (χ1) is 11.9. The number of amides is 2. The zero-order valence-corrected chi connectivity index (χ0v) is 16.5. The van der Waals surface area contributed by atoms with Crippen LogP contribution in [-0.4, -0.2) is 67.4 Å². The molecule has 0 radical (unpaired) electrons. The molecule has 1 rings (SSSR count). The molecule has 0 aromatic heterocycles. The Bertz CT molecular complexity index is 598. The van der Waals surface area contributed by atoms with Crippen LogP contribution in [0.3, 0.4) is 0 Å².